The molecule has 1 saturated heterocycles. The van der Waals surface area contributed by atoms with Crippen LogP contribution in [0.1, 0.15) is 23.7 Å². The number of hydrogen-bond donors (Lipinski definition) is 3. The molecule has 1 aliphatic carbocycles. The van der Waals surface area contributed by atoms with E-state index in [1.54, 1.807) is 30.4 Å². The number of rotatable bonds is 5. The lowest BCUT2D eigenvalue weighted by Gasteiger charge is -2.24. The number of likely N-dealkylation sites (tertiary alicyclic amines) is 1. The molecule has 5 rings (SSSR count). The van der Waals surface area contributed by atoms with Gasteiger partial charge in [0.05, 0.1) is 11.8 Å². The van der Waals surface area contributed by atoms with Crippen LogP contribution in [0.25, 0.3) is 0 Å². The van der Waals surface area contributed by atoms with Crippen LogP contribution >= 0.6 is 0 Å². The first-order chi connectivity index (χ1) is 15.3. The largest absolute Gasteiger partial charge is 0.455 e. The first kappa shape index (κ1) is 20.8. The summed E-state index contributed by atoms with van der Waals surface area (Å²) in [5, 5.41) is 24.2. The Bertz CT molecular complexity index is 1160. The second-order valence-corrected chi connectivity index (χ2v) is 8.44. The Labute approximate surface area is 183 Å². The number of hydrogen-bond acceptors (Lipinski definition) is 5. The molecule has 1 amide bonds. The number of fused-ring (bicyclic) bond motifs is 2. The van der Waals surface area contributed by atoms with Gasteiger partial charge in [-0.15, -0.1) is 0 Å². The number of carbonyl (C=O) groups is 1. The molecule has 0 unspecified atom stereocenters. The van der Waals surface area contributed by atoms with Gasteiger partial charge in [0.1, 0.15) is 17.2 Å². The fraction of sp³-hybridized carbons (Fsp3) is 0.292. The molecule has 8 heteroatoms. The third kappa shape index (κ3) is 3.81. The average molecular weight is 440 g/mol. The number of nitrogens with zero attached hydrogens (tertiary/aromatic N) is 1. The van der Waals surface area contributed by atoms with Gasteiger partial charge in [0.15, 0.2) is 11.6 Å². The Morgan fingerprint density at radius 2 is 2.00 bits per heavy atom. The molecule has 1 fully saturated rings. The quantitative estimate of drug-likeness (QED) is 0.666. The van der Waals surface area contributed by atoms with Crippen molar-refractivity contribution in [2.45, 2.75) is 24.5 Å². The van der Waals surface area contributed by atoms with Crippen LogP contribution in [0.4, 0.5) is 14.5 Å². The second kappa shape index (κ2) is 7.81. The van der Waals surface area contributed by atoms with Crippen molar-refractivity contribution >= 4 is 11.6 Å². The molecular weight excluding hydrogens is 418 g/mol. The summed E-state index contributed by atoms with van der Waals surface area (Å²) in [5.41, 5.74) is 0.701. The second-order valence-electron chi connectivity index (χ2n) is 8.44. The maximum Gasteiger partial charge on any atom is 0.224 e. The minimum atomic E-state index is -1.26. The Morgan fingerprint density at radius 1 is 1.19 bits per heavy atom. The van der Waals surface area contributed by atoms with E-state index < -0.39 is 23.3 Å². The first-order valence-corrected chi connectivity index (χ1v) is 10.4. The highest BCUT2D eigenvalue weighted by molar-refractivity contribution is 5.94. The molecule has 32 heavy (non-hydrogen) atoms. The lowest BCUT2D eigenvalue weighted by molar-refractivity contribution is -0.116. The van der Waals surface area contributed by atoms with E-state index in [1.807, 2.05) is 4.90 Å². The molecule has 0 spiro atoms. The molecule has 2 aromatic rings. The summed E-state index contributed by atoms with van der Waals surface area (Å²) >= 11 is 0. The van der Waals surface area contributed by atoms with Crippen molar-refractivity contribution in [2.75, 3.05) is 25.0 Å². The number of carbonyl (C=O) groups excluding carboxylic acids is 1. The number of allylic oxidation sites excluding steroid dienone is 1. The molecule has 6 nitrogen and oxygen atoms in total. The zero-order valence-corrected chi connectivity index (χ0v) is 17.1. The average Bonchev–Trinajstić information content (AvgIpc) is 3.20. The lowest BCUT2D eigenvalue weighted by atomic mass is 9.97. The molecule has 166 valence electrons. The number of para-hydroxylation sites is 1. The van der Waals surface area contributed by atoms with Gasteiger partial charge in [-0.2, -0.15) is 0 Å². The van der Waals surface area contributed by atoms with E-state index in [4.69, 9.17) is 4.74 Å². The molecule has 0 radical (unpaired) electrons. The number of β-amino-alcohol motifs (C(OH)–C–C–N with tert-alkyl or cyclic N) is 2. The van der Waals surface area contributed by atoms with Crippen molar-refractivity contribution in [3.8, 4) is 5.75 Å². The Hall–Kier alpha value is -3.07. The third-order valence-corrected chi connectivity index (χ3v) is 6.07. The van der Waals surface area contributed by atoms with Gasteiger partial charge in [0.2, 0.25) is 5.91 Å². The van der Waals surface area contributed by atoms with Gasteiger partial charge in [0.25, 0.3) is 0 Å². The van der Waals surface area contributed by atoms with Gasteiger partial charge >= 0.3 is 0 Å². The van der Waals surface area contributed by atoms with Crippen molar-refractivity contribution in [3.05, 3.63) is 82.6 Å². The summed E-state index contributed by atoms with van der Waals surface area (Å²) in [6.07, 6.45) is 2.96. The third-order valence-electron chi connectivity index (χ3n) is 6.07. The maximum absolute atomic E-state index is 14.4. The van der Waals surface area contributed by atoms with E-state index in [9.17, 15) is 23.8 Å². The molecule has 0 saturated carbocycles. The van der Waals surface area contributed by atoms with E-state index in [0.717, 1.165) is 0 Å². The van der Waals surface area contributed by atoms with Crippen LogP contribution in [0.15, 0.2) is 59.9 Å². The van der Waals surface area contributed by atoms with Crippen LogP contribution in [0, 0.1) is 11.6 Å². The van der Waals surface area contributed by atoms with Gasteiger partial charge in [-0.25, -0.2) is 8.78 Å². The fourth-order valence-electron chi connectivity index (χ4n) is 4.49. The standard InChI is InChI=1S/C24H22F2N2O4/c25-18-3-1-2-4-21(18)32-17-9-16-11-28(13-24(16,31)10-17)12-20(29)15-7-14-5-6-22(30)27-23(14)19(26)8-15/h1-4,7-10,20,29,31H,5-6,11-13H2,(H,27,30)/t20-,24-/m1/s1. The number of nitrogens with one attached hydrogen (secondary N) is 1. The Kier molecular flexibility index (Phi) is 5.08. The zero-order chi connectivity index (χ0) is 22.5. The minimum Gasteiger partial charge on any atom is -0.455 e. The summed E-state index contributed by atoms with van der Waals surface area (Å²) in [6.45, 7) is 0.808. The smallest absolute Gasteiger partial charge is 0.224 e. The van der Waals surface area contributed by atoms with Crippen LogP contribution < -0.4 is 10.1 Å². The van der Waals surface area contributed by atoms with Gasteiger partial charge in [0, 0.05) is 26.1 Å². The summed E-state index contributed by atoms with van der Waals surface area (Å²) in [5.74, 6) is -0.829. The summed E-state index contributed by atoms with van der Waals surface area (Å²) < 4.78 is 33.8. The molecule has 2 aliphatic heterocycles. The summed E-state index contributed by atoms with van der Waals surface area (Å²) in [4.78, 5) is 13.4. The molecular formula is C24H22F2N2O4. The molecule has 0 aromatic heterocycles. The monoisotopic (exact) mass is 440 g/mol. The highest BCUT2D eigenvalue weighted by Gasteiger charge is 2.43. The number of halogens is 2. The van der Waals surface area contributed by atoms with Gasteiger partial charge < -0.3 is 20.3 Å². The maximum atomic E-state index is 14.4. The first-order valence-electron chi connectivity index (χ1n) is 10.4. The van der Waals surface area contributed by atoms with Crippen LogP contribution in [0.3, 0.4) is 0 Å². The molecule has 2 atom stereocenters. The van der Waals surface area contributed by atoms with E-state index in [1.165, 1.54) is 18.2 Å². The van der Waals surface area contributed by atoms with E-state index >= 15 is 0 Å². The number of anilines is 1. The highest BCUT2D eigenvalue weighted by Crippen LogP contribution is 2.37. The topological polar surface area (TPSA) is 82.0 Å². The van der Waals surface area contributed by atoms with Crippen LogP contribution in [0.5, 0.6) is 5.75 Å². The lowest BCUT2D eigenvalue weighted by Crippen LogP contribution is -2.33. The normalized spacial score (nSPS) is 23.2. The van der Waals surface area contributed by atoms with E-state index in [-0.39, 0.29) is 36.9 Å². The van der Waals surface area contributed by atoms with Gasteiger partial charge in [-0.1, -0.05) is 18.2 Å². The number of aryl methyl sites for hydroxylation is 1. The highest BCUT2D eigenvalue weighted by atomic mass is 19.1. The molecule has 2 aromatic carbocycles. The fourth-order valence-corrected chi connectivity index (χ4v) is 4.49. The predicted octanol–water partition coefficient (Wildman–Crippen LogP) is 2.83. The van der Waals surface area contributed by atoms with Gasteiger partial charge in [-0.3, -0.25) is 9.69 Å². The number of benzene rings is 2. The van der Waals surface area contributed by atoms with Crippen molar-refractivity contribution in [1.29, 1.82) is 0 Å². The summed E-state index contributed by atoms with van der Waals surface area (Å²) in [6, 6.07) is 9.00. The van der Waals surface area contributed by atoms with Crippen molar-refractivity contribution in [1.82, 2.24) is 4.90 Å². The zero-order valence-electron chi connectivity index (χ0n) is 17.1. The van der Waals surface area contributed by atoms with Crippen molar-refractivity contribution in [3.63, 3.8) is 0 Å². The molecule has 2 heterocycles. The Balaban J connectivity index is 1.26. The molecule has 3 aliphatic rings. The number of aliphatic hydroxyl groups excluding tert-OH is 1. The van der Waals surface area contributed by atoms with E-state index in [2.05, 4.69) is 5.32 Å². The van der Waals surface area contributed by atoms with E-state index in [0.29, 0.717) is 35.4 Å². The number of ether oxygens (including phenoxy) is 1. The van der Waals surface area contributed by atoms with Crippen molar-refractivity contribution < 1.29 is 28.5 Å². The Morgan fingerprint density at radius 3 is 2.78 bits per heavy atom. The van der Waals surface area contributed by atoms with Crippen LogP contribution in [0.2, 0.25) is 0 Å². The summed E-state index contributed by atoms with van der Waals surface area (Å²) in [7, 11) is 0. The molecule has 0 bridgehead atoms. The van der Waals surface area contributed by atoms with Gasteiger partial charge in [-0.05, 0) is 53.5 Å². The number of aliphatic hydroxyl groups is 2. The van der Waals surface area contributed by atoms with Crippen LogP contribution in [-0.2, 0) is 11.2 Å². The number of amides is 1. The van der Waals surface area contributed by atoms with Crippen LogP contribution in [-0.4, -0.2) is 46.3 Å². The SMILES string of the molecule is O=C1CCc2cc([C@H](O)CN3CC4=CC(Oc5ccccc5F)=C[C@@]4(O)C3)cc(F)c2N1. The minimum absolute atomic E-state index is 0.0806. The predicted molar refractivity (Wildman–Crippen MR) is 113 cm³/mol. The molecule has 3 N–H and O–H groups in total. The van der Waals surface area contributed by atoms with Crippen molar-refractivity contribution in [2.24, 2.45) is 0 Å².